The summed E-state index contributed by atoms with van der Waals surface area (Å²) in [6.45, 7) is 2.45. The molecule has 3 rings (SSSR count). The Morgan fingerprint density at radius 3 is 2.50 bits per heavy atom. The number of likely N-dealkylation sites (tertiary alicyclic amines) is 1. The molecule has 0 aliphatic carbocycles. The van der Waals surface area contributed by atoms with Crippen molar-refractivity contribution in [1.29, 1.82) is 0 Å². The number of rotatable bonds is 2. The van der Waals surface area contributed by atoms with E-state index < -0.39 is 23.3 Å². The number of nitrogens with zero attached hydrogens (tertiary/aromatic N) is 3. The second kappa shape index (κ2) is 5.94. The molecule has 2 N–H and O–H groups in total. The van der Waals surface area contributed by atoms with Crippen molar-refractivity contribution in [1.82, 2.24) is 14.7 Å². The third-order valence-corrected chi connectivity index (χ3v) is 4.06. The number of benzene rings is 1. The predicted molar refractivity (Wildman–Crippen MR) is 81.8 cm³/mol. The summed E-state index contributed by atoms with van der Waals surface area (Å²) in [6.07, 6.45) is -3.14. The van der Waals surface area contributed by atoms with Crippen LogP contribution < -0.4 is 5.73 Å². The molecule has 5 nitrogen and oxygen atoms in total. The lowest BCUT2D eigenvalue weighted by atomic mass is 10.2. The molecule has 0 spiro atoms. The van der Waals surface area contributed by atoms with E-state index >= 15 is 0 Å². The van der Waals surface area contributed by atoms with Crippen LogP contribution in [0.1, 0.15) is 28.0 Å². The number of hydrogen-bond acceptors (Lipinski definition) is 3. The first-order valence-electron chi connectivity index (χ1n) is 7.54. The third-order valence-electron chi connectivity index (χ3n) is 4.06. The highest BCUT2D eigenvalue weighted by Crippen LogP contribution is 2.34. The normalized spacial score (nSPS) is 18.2. The minimum atomic E-state index is -4.70. The van der Waals surface area contributed by atoms with E-state index in [1.54, 1.807) is 12.1 Å². The molecule has 128 valence electrons. The SMILES string of the molecule is Cc1ccc(-n2ncc(C(=O)N3CC[C@@H](N)C3)c2C(F)(F)F)cc1. The van der Waals surface area contributed by atoms with Crippen LogP contribution >= 0.6 is 0 Å². The summed E-state index contributed by atoms with van der Waals surface area (Å²) in [6, 6.07) is 6.27. The van der Waals surface area contributed by atoms with E-state index in [1.165, 1.54) is 17.0 Å². The lowest BCUT2D eigenvalue weighted by molar-refractivity contribution is -0.143. The molecule has 2 aromatic rings. The second-order valence-electron chi connectivity index (χ2n) is 5.95. The van der Waals surface area contributed by atoms with Crippen LogP contribution in [0.25, 0.3) is 5.69 Å². The molecule has 0 bridgehead atoms. The fraction of sp³-hybridized carbons (Fsp3) is 0.375. The van der Waals surface area contributed by atoms with Gasteiger partial charge in [0.2, 0.25) is 0 Å². The average molecular weight is 338 g/mol. The third kappa shape index (κ3) is 3.01. The predicted octanol–water partition coefficient (Wildman–Crippen LogP) is 2.37. The number of aromatic nitrogens is 2. The molecule has 1 aliphatic rings. The number of hydrogen-bond donors (Lipinski definition) is 1. The number of halogens is 3. The van der Waals surface area contributed by atoms with E-state index in [1.807, 2.05) is 6.92 Å². The van der Waals surface area contributed by atoms with Crippen molar-refractivity contribution < 1.29 is 18.0 Å². The highest BCUT2D eigenvalue weighted by atomic mass is 19.4. The van der Waals surface area contributed by atoms with Crippen molar-refractivity contribution in [2.24, 2.45) is 5.73 Å². The smallest absolute Gasteiger partial charge is 0.337 e. The maximum Gasteiger partial charge on any atom is 0.434 e. The van der Waals surface area contributed by atoms with Crippen molar-refractivity contribution in [3.63, 3.8) is 0 Å². The van der Waals surface area contributed by atoms with Crippen molar-refractivity contribution in [3.05, 3.63) is 47.3 Å². The topological polar surface area (TPSA) is 64.2 Å². The van der Waals surface area contributed by atoms with Crippen LogP contribution in [-0.2, 0) is 6.18 Å². The van der Waals surface area contributed by atoms with E-state index in [-0.39, 0.29) is 18.3 Å². The maximum absolute atomic E-state index is 13.6. The van der Waals surface area contributed by atoms with Gasteiger partial charge in [-0.15, -0.1) is 0 Å². The van der Waals surface area contributed by atoms with Gasteiger partial charge in [0, 0.05) is 19.1 Å². The molecule has 1 aromatic carbocycles. The summed E-state index contributed by atoms with van der Waals surface area (Å²) in [5, 5.41) is 3.81. The summed E-state index contributed by atoms with van der Waals surface area (Å²) >= 11 is 0. The Labute approximate surface area is 136 Å². The fourth-order valence-corrected chi connectivity index (χ4v) is 2.80. The van der Waals surface area contributed by atoms with Gasteiger partial charge in [0.15, 0.2) is 5.69 Å². The molecule has 1 aromatic heterocycles. The van der Waals surface area contributed by atoms with Gasteiger partial charge in [-0.05, 0) is 25.5 Å². The molecule has 24 heavy (non-hydrogen) atoms. The van der Waals surface area contributed by atoms with Gasteiger partial charge in [0.05, 0.1) is 17.4 Å². The Morgan fingerprint density at radius 1 is 1.29 bits per heavy atom. The summed E-state index contributed by atoms with van der Waals surface area (Å²) in [7, 11) is 0. The maximum atomic E-state index is 13.6. The number of amides is 1. The lowest BCUT2D eigenvalue weighted by Crippen LogP contribution is -2.33. The van der Waals surface area contributed by atoms with Crippen LogP contribution in [0.2, 0.25) is 0 Å². The Morgan fingerprint density at radius 2 is 1.96 bits per heavy atom. The molecular weight excluding hydrogens is 321 g/mol. The highest BCUT2D eigenvalue weighted by Gasteiger charge is 2.42. The fourth-order valence-electron chi connectivity index (χ4n) is 2.80. The molecule has 1 aliphatic heterocycles. The molecule has 0 saturated carbocycles. The van der Waals surface area contributed by atoms with Crippen molar-refractivity contribution >= 4 is 5.91 Å². The second-order valence-corrected chi connectivity index (χ2v) is 5.95. The first-order chi connectivity index (χ1) is 11.3. The average Bonchev–Trinajstić information content (AvgIpc) is 3.13. The van der Waals surface area contributed by atoms with Crippen LogP contribution in [0.5, 0.6) is 0 Å². The van der Waals surface area contributed by atoms with Gasteiger partial charge in [-0.25, -0.2) is 4.68 Å². The monoisotopic (exact) mass is 338 g/mol. The number of carbonyl (C=O) groups is 1. The summed E-state index contributed by atoms with van der Waals surface area (Å²) in [4.78, 5) is 13.8. The molecular formula is C16H17F3N4O. The van der Waals surface area contributed by atoms with Crippen LogP contribution in [0.15, 0.2) is 30.5 Å². The van der Waals surface area contributed by atoms with E-state index in [0.29, 0.717) is 13.0 Å². The van der Waals surface area contributed by atoms with Gasteiger partial charge in [-0.1, -0.05) is 17.7 Å². The minimum Gasteiger partial charge on any atom is -0.337 e. The number of carbonyl (C=O) groups excluding carboxylic acids is 1. The van der Waals surface area contributed by atoms with E-state index in [9.17, 15) is 18.0 Å². The summed E-state index contributed by atoms with van der Waals surface area (Å²) < 4.78 is 41.5. The zero-order chi connectivity index (χ0) is 17.5. The zero-order valence-corrected chi connectivity index (χ0v) is 13.0. The largest absolute Gasteiger partial charge is 0.434 e. The van der Waals surface area contributed by atoms with Gasteiger partial charge in [0.1, 0.15) is 0 Å². The molecule has 1 fully saturated rings. The standard InChI is InChI=1S/C16H17F3N4O/c1-10-2-4-12(5-3-10)23-14(16(17,18)19)13(8-21-23)15(24)22-7-6-11(20)9-22/h2-5,8,11H,6-7,9,20H2,1H3/t11-/m1/s1. The van der Waals surface area contributed by atoms with Gasteiger partial charge in [0.25, 0.3) is 5.91 Å². The molecule has 1 atom stereocenters. The van der Waals surface area contributed by atoms with E-state index in [2.05, 4.69) is 5.10 Å². The van der Waals surface area contributed by atoms with Gasteiger partial charge in [-0.2, -0.15) is 18.3 Å². The van der Waals surface area contributed by atoms with Gasteiger partial charge < -0.3 is 10.6 Å². The first-order valence-corrected chi connectivity index (χ1v) is 7.54. The molecule has 1 saturated heterocycles. The first kappa shape index (κ1) is 16.5. The van der Waals surface area contributed by atoms with Crippen molar-refractivity contribution in [2.45, 2.75) is 25.6 Å². The molecule has 1 amide bonds. The van der Waals surface area contributed by atoms with Crippen LogP contribution in [-0.4, -0.2) is 39.7 Å². The molecule has 0 radical (unpaired) electrons. The van der Waals surface area contributed by atoms with Gasteiger partial charge >= 0.3 is 6.18 Å². The van der Waals surface area contributed by atoms with Crippen LogP contribution in [0.4, 0.5) is 13.2 Å². The molecule has 0 unspecified atom stereocenters. The lowest BCUT2D eigenvalue weighted by Gasteiger charge is -2.17. The Bertz CT molecular complexity index is 752. The number of aryl methyl sites for hydroxylation is 1. The zero-order valence-electron chi connectivity index (χ0n) is 13.0. The van der Waals surface area contributed by atoms with Crippen molar-refractivity contribution in [3.8, 4) is 5.69 Å². The summed E-state index contributed by atoms with van der Waals surface area (Å²) in [5.74, 6) is -0.686. The van der Waals surface area contributed by atoms with Gasteiger partial charge in [-0.3, -0.25) is 4.79 Å². The Kier molecular flexibility index (Phi) is 4.08. The number of alkyl halides is 3. The van der Waals surface area contributed by atoms with E-state index in [4.69, 9.17) is 5.73 Å². The van der Waals surface area contributed by atoms with E-state index in [0.717, 1.165) is 16.4 Å². The molecule has 8 heteroatoms. The number of nitrogens with two attached hydrogens (primary N) is 1. The quantitative estimate of drug-likeness (QED) is 0.914. The highest BCUT2D eigenvalue weighted by molar-refractivity contribution is 5.95. The van der Waals surface area contributed by atoms with Crippen LogP contribution in [0, 0.1) is 6.92 Å². The minimum absolute atomic E-state index is 0.199. The Balaban J connectivity index is 2.05. The summed E-state index contributed by atoms with van der Waals surface area (Å²) in [5.41, 5.74) is 5.41. The Hall–Kier alpha value is -2.35. The van der Waals surface area contributed by atoms with Crippen molar-refractivity contribution in [2.75, 3.05) is 13.1 Å². The van der Waals surface area contributed by atoms with Crippen LogP contribution in [0.3, 0.4) is 0 Å². The molecule has 2 heterocycles.